The lowest BCUT2D eigenvalue weighted by Gasteiger charge is -2.22. The summed E-state index contributed by atoms with van der Waals surface area (Å²) in [5, 5.41) is 2.57. The Morgan fingerprint density at radius 2 is 1.90 bits per heavy atom. The number of amides is 3. The lowest BCUT2D eigenvalue weighted by Crippen LogP contribution is -2.40. The number of ketones is 1. The van der Waals surface area contributed by atoms with E-state index < -0.39 is 0 Å². The van der Waals surface area contributed by atoms with Gasteiger partial charge < -0.3 is 19.7 Å². The molecule has 0 radical (unpaired) electrons. The third-order valence-electron chi connectivity index (χ3n) is 6.43. The van der Waals surface area contributed by atoms with Crippen molar-refractivity contribution < 1.29 is 23.9 Å². The zero-order valence-electron chi connectivity index (χ0n) is 17.3. The number of fused-ring (bicyclic) bond motifs is 1. The van der Waals surface area contributed by atoms with Crippen LogP contribution in [0.5, 0.6) is 0 Å². The number of nitrogens with one attached hydrogen (secondary N) is 1. The molecule has 3 amide bonds. The number of carbonyl (C=O) groups is 4. The fourth-order valence-corrected chi connectivity index (χ4v) is 4.65. The number of rotatable bonds is 7. The average Bonchev–Trinajstić information content (AvgIpc) is 3.07. The molecular weight excluding hydrogens is 386 g/mol. The Bertz CT molecular complexity index is 883. The molecule has 8 heteroatoms. The number of nitrogens with zero attached hydrogens (tertiary/aromatic N) is 2. The number of likely N-dealkylation sites (tertiary alicyclic amines) is 1. The molecule has 1 aliphatic carbocycles. The minimum Gasteiger partial charge on any atom is -0.444 e. The van der Waals surface area contributed by atoms with E-state index in [-0.39, 0.29) is 41.8 Å². The quantitative estimate of drug-likeness (QED) is 0.733. The first-order valence-electron chi connectivity index (χ1n) is 10.4. The summed E-state index contributed by atoms with van der Waals surface area (Å²) in [6.45, 7) is 4.81. The number of cyclic esters (lactones) is 1. The van der Waals surface area contributed by atoms with Crippen LogP contribution in [-0.4, -0.2) is 60.9 Å². The van der Waals surface area contributed by atoms with Gasteiger partial charge in [-0.2, -0.15) is 0 Å². The number of anilines is 1. The van der Waals surface area contributed by atoms with E-state index in [4.69, 9.17) is 4.74 Å². The average molecular weight is 413 g/mol. The smallest absolute Gasteiger partial charge is 0.414 e. The third-order valence-corrected chi connectivity index (χ3v) is 6.43. The first kappa shape index (κ1) is 20.4. The van der Waals surface area contributed by atoms with Crippen LogP contribution in [0.3, 0.4) is 0 Å². The number of hydrogen-bond donors (Lipinski definition) is 1. The summed E-state index contributed by atoms with van der Waals surface area (Å²) in [6.07, 6.45) is 1.36. The van der Waals surface area contributed by atoms with Crippen LogP contribution in [0, 0.1) is 5.92 Å². The van der Waals surface area contributed by atoms with Crippen molar-refractivity contribution in [2.24, 2.45) is 5.92 Å². The summed E-state index contributed by atoms with van der Waals surface area (Å²) in [4.78, 5) is 50.2. The SMILES string of the molecule is CC(=O)CC[C@H]1CN(c2ccc(C34CC3CN(C(=O)CNC(C)=O)C4)cc2)C(=O)O1. The molecule has 0 spiro atoms. The lowest BCUT2D eigenvalue weighted by molar-refractivity contribution is -0.132. The van der Waals surface area contributed by atoms with Gasteiger partial charge in [-0.3, -0.25) is 14.5 Å². The van der Waals surface area contributed by atoms with E-state index in [1.165, 1.54) is 19.4 Å². The zero-order chi connectivity index (χ0) is 21.5. The molecular formula is C22H27N3O5. The van der Waals surface area contributed by atoms with Crippen molar-refractivity contribution in [3.63, 3.8) is 0 Å². The summed E-state index contributed by atoms with van der Waals surface area (Å²) in [6, 6.07) is 7.92. The van der Waals surface area contributed by atoms with Crippen LogP contribution in [-0.2, 0) is 24.5 Å². The van der Waals surface area contributed by atoms with Gasteiger partial charge in [0.05, 0.1) is 13.1 Å². The Kier molecular flexibility index (Phi) is 5.26. The van der Waals surface area contributed by atoms with E-state index in [1.54, 1.807) is 4.90 Å². The van der Waals surface area contributed by atoms with Crippen LogP contribution in [0.2, 0.25) is 0 Å². The van der Waals surface area contributed by atoms with Gasteiger partial charge in [0.2, 0.25) is 11.8 Å². The molecule has 1 saturated carbocycles. The van der Waals surface area contributed by atoms with Crippen molar-refractivity contribution in [1.82, 2.24) is 10.2 Å². The lowest BCUT2D eigenvalue weighted by atomic mass is 9.94. The van der Waals surface area contributed by atoms with E-state index in [0.717, 1.165) is 18.7 Å². The van der Waals surface area contributed by atoms with Gasteiger partial charge in [0.1, 0.15) is 11.9 Å². The van der Waals surface area contributed by atoms with Crippen molar-refractivity contribution >= 4 is 29.4 Å². The molecule has 3 aliphatic rings. The standard InChI is InChI=1S/C22H27N3O5/c1-14(26)3-8-19-12-25(21(29)30-19)18-6-4-16(5-7-18)22-9-17(22)11-24(13-22)20(28)10-23-15(2)27/h4-7,17,19H,3,8-13H2,1-2H3,(H,23,27)/t17?,19-,22?/m0/s1. The Morgan fingerprint density at radius 1 is 1.17 bits per heavy atom. The molecule has 0 aromatic heterocycles. The molecule has 1 N–H and O–H groups in total. The van der Waals surface area contributed by atoms with E-state index >= 15 is 0 Å². The zero-order valence-corrected chi connectivity index (χ0v) is 17.3. The van der Waals surface area contributed by atoms with E-state index in [0.29, 0.717) is 31.8 Å². The van der Waals surface area contributed by atoms with Gasteiger partial charge in [0.15, 0.2) is 0 Å². The number of hydrogen-bond acceptors (Lipinski definition) is 5. The van der Waals surface area contributed by atoms with Crippen LogP contribution in [0.15, 0.2) is 24.3 Å². The maximum Gasteiger partial charge on any atom is 0.414 e. The van der Waals surface area contributed by atoms with Crippen LogP contribution in [0.25, 0.3) is 0 Å². The van der Waals surface area contributed by atoms with Crippen LogP contribution >= 0.6 is 0 Å². The second-order valence-electron chi connectivity index (χ2n) is 8.65. The molecule has 2 aliphatic heterocycles. The maximum atomic E-state index is 12.3. The predicted molar refractivity (Wildman–Crippen MR) is 109 cm³/mol. The molecule has 3 fully saturated rings. The molecule has 2 saturated heterocycles. The topological polar surface area (TPSA) is 96.0 Å². The fourth-order valence-electron chi connectivity index (χ4n) is 4.65. The normalized spacial score (nSPS) is 26.9. The number of carbonyl (C=O) groups excluding carboxylic acids is 4. The molecule has 1 aromatic carbocycles. The van der Waals surface area contributed by atoms with E-state index in [2.05, 4.69) is 5.32 Å². The molecule has 8 nitrogen and oxygen atoms in total. The summed E-state index contributed by atoms with van der Waals surface area (Å²) < 4.78 is 5.38. The second-order valence-corrected chi connectivity index (χ2v) is 8.65. The van der Waals surface area contributed by atoms with Crippen molar-refractivity contribution in [3.05, 3.63) is 29.8 Å². The van der Waals surface area contributed by atoms with Crippen molar-refractivity contribution in [3.8, 4) is 0 Å². The minimum atomic E-state index is -0.380. The van der Waals surface area contributed by atoms with Gasteiger partial charge in [-0.15, -0.1) is 0 Å². The van der Waals surface area contributed by atoms with Crippen molar-refractivity contribution in [2.45, 2.75) is 44.6 Å². The molecule has 2 heterocycles. The minimum absolute atomic E-state index is 0.0139. The summed E-state index contributed by atoms with van der Waals surface area (Å²) in [7, 11) is 0. The summed E-state index contributed by atoms with van der Waals surface area (Å²) in [5.41, 5.74) is 1.94. The molecule has 4 rings (SSSR count). The number of piperidine rings is 1. The molecule has 0 bridgehead atoms. The Hall–Kier alpha value is -2.90. The maximum absolute atomic E-state index is 12.3. The number of ether oxygens (including phenoxy) is 1. The van der Waals surface area contributed by atoms with E-state index in [9.17, 15) is 19.2 Å². The summed E-state index contributed by atoms with van der Waals surface area (Å²) >= 11 is 0. The van der Waals surface area contributed by atoms with Crippen LogP contribution in [0.4, 0.5) is 10.5 Å². The highest BCUT2D eigenvalue weighted by atomic mass is 16.6. The highest BCUT2D eigenvalue weighted by molar-refractivity contribution is 5.90. The fraction of sp³-hybridized carbons (Fsp3) is 0.545. The molecule has 160 valence electrons. The Morgan fingerprint density at radius 3 is 2.57 bits per heavy atom. The van der Waals surface area contributed by atoms with Crippen LogP contribution < -0.4 is 10.2 Å². The Balaban J connectivity index is 1.38. The molecule has 2 unspecified atom stereocenters. The van der Waals surface area contributed by atoms with Gasteiger partial charge in [0.25, 0.3) is 0 Å². The monoisotopic (exact) mass is 413 g/mol. The van der Waals surface area contributed by atoms with Gasteiger partial charge in [0, 0.05) is 37.5 Å². The van der Waals surface area contributed by atoms with Gasteiger partial charge in [-0.25, -0.2) is 4.79 Å². The molecule has 1 aromatic rings. The highest BCUT2D eigenvalue weighted by Crippen LogP contribution is 2.59. The second kappa shape index (κ2) is 7.74. The number of Topliss-reactive ketones (excluding diaryl/α,β-unsaturated/α-hetero) is 1. The predicted octanol–water partition coefficient (Wildman–Crippen LogP) is 1.62. The van der Waals surface area contributed by atoms with Crippen molar-refractivity contribution in [2.75, 3.05) is 31.1 Å². The van der Waals surface area contributed by atoms with Gasteiger partial charge in [-0.05, 0) is 43.4 Å². The first-order valence-corrected chi connectivity index (χ1v) is 10.4. The largest absolute Gasteiger partial charge is 0.444 e. The van der Waals surface area contributed by atoms with Crippen molar-refractivity contribution in [1.29, 1.82) is 0 Å². The summed E-state index contributed by atoms with van der Waals surface area (Å²) in [5.74, 6) is 0.275. The van der Waals surface area contributed by atoms with E-state index in [1.807, 2.05) is 29.2 Å². The Labute approximate surface area is 175 Å². The molecule has 3 atom stereocenters. The molecule has 30 heavy (non-hydrogen) atoms. The number of benzene rings is 1. The van der Waals surface area contributed by atoms with Gasteiger partial charge >= 0.3 is 6.09 Å². The van der Waals surface area contributed by atoms with Crippen LogP contribution in [0.1, 0.15) is 38.7 Å². The highest BCUT2D eigenvalue weighted by Gasteiger charge is 2.61. The first-order chi connectivity index (χ1) is 14.3. The third kappa shape index (κ3) is 3.91. The van der Waals surface area contributed by atoms with Gasteiger partial charge in [-0.1, -0.05) is 12.1 Å².